The molecule has 3 nitrogen and oxygen atoms in total. The smallest absolute Gasteiger partial charge is 0.115 e. The largest absolute Gasteiger partial charge is 0.508 e. The maximum Gasteiger partial charge on any atom is 0.115 e. The minimum absolute atomic E-state index is 0.0812. The van der Waals surface area contributed by atoms with Crippen molar-refractivity contribution in [3.05, 3.63) is 76.8 Å². The molecule has 0 amide bonds. The molecule has 1 aliphatic heterocycles. The van der Waals surface area contributed by atoms with E-state index in [1.165, 1.54) is 11.1 Å². The van der Waals surface area contributed by atoms with Crippen molar-refractivity contribution in [2.75, 3.05) is 19.6 Å². The van der Waals surface area contributed by atoms with Gasteiger partial charge in [-0.15, -0.1) is 6.58 Å². The maximum atomic E-state index is 10.1. The number of rotatable bonds is 5. The molecule has 2 aromatic rings. The molecule has 1 saturated heterocycles. The minimum Gasteiger partial charge on any atom is -0.508 e. The Bertz CT molecular complexity index is 807. The van der Waals surface area contributed by atoms with Crippen LogP contribution in [0, 0.1) is 6.92 Å². The lowest BCUT2D eigenvalue weighted by molar-refractivity contribution is 0.0305. The number of aryl methyl sites for hydroxylation is 1. The molecule has 0 aliphatic carbocycles. The Morgan fingerprint density at radius 3 is 2.63 bits per heavy atom. The summed E-state index contributed by atoms with van der Waals surface area (Å²) in [6, 6.07) is 14.6. The monoisotopic (exact) mass is 384 g/mol. The highest BCUT2D eigenvalue weighted by Crippen LogP contribution is 2.36. The van der Waals surface area contributed by atoms with Gasteiger partial charge in [0.15, 0.2) is 0 Å². The summed E-state index contributed by atoms with van der Waals surface area (Å²) >= 11 is 6.21. The molecule has 4 heteroatoms. The Morgan fingerprint density at radius 1 is 1.19 bits per heavy atom. The van der Waals surface area contributed by atoms with Crippen LogP contribution in [-0.4, -0.2) is 46.6 Å². The van der Waals surface area contributed by atoms with Crippen molar-refractivity contribution in [3.63, 3.8) is 0 Å². The highest BCUT2D eigenvalue weighted by Gasteiger charge is 2.35. The molecule has 1 aliphatic rings. The summed E-state index contributed by atoms with van der Waals surface area (Å²) in [5, 5.41) is 10.8. The average Bonchev–Trinajstić information content (AvgIpc) is 2.61. The van der Waals surface area contributed by atoms with Crippen molar-refractivity contribution in [3.8, 4) is 5.75 Å². The fraction of sp³-hybridized carbons (Fsp3) is 0.391. The van der Waals surface area contributed by atoms with Crippen LogP contribution >= 0.6 is 11.6 Å². The van der Waals surface area contributed by atoms with Gasteiger partial charge in [-0.3, -0.25) is 9.80 Å². The number of piperazine rings is 1. The van der Waals surface area contributed by atoms with E-state index in [2.05, 4.69) is 49.3 Å². The zero-order valence-electron chi connectivity index (χ0n) is 16.4. The zero-order chi connectivity index (χ0) is 19.6. The standard InChI is InChI=1S/C23H29ClN2O/c1-5-11-25-14-18(4)26(15-17(25)3)23(19-7-6-8-21(27)13-19)22-10-9-20(24)12-16(22)2/h5-10,12-13,17-18,23,27H,1,11,14-15H2,2-4H3/t17-,18+,23?/m1/s1. The highest BCUT2D eigenvalue weighted by molar-refractivity contribution is 6.30. The second kappa shape index (κ2) is 8.47. The lowest BCUT2D eigenvalue weighted by atomic mass is 9.91. The van der Waals surface area contributed by atoms with Crippen LogP contribution in [0.25, 0.3) is 0 Å². The molecule has 2 aromatic carbocycles. The van der Waals surface area contributed by atoms with E-state index >= 15 is 0 Å². The van der Waals surface area contributed by atoms with Gasteiger partial charge in [-0.1, -0.05) is 35.9 Å². The van der Waals surface area contributed by atoms with E-state index in [9.17, 15) is 5.11 Å². The molecule has 1 heterocycles. The summed E-state index contributed by atoms with van der Waals surface area (Å²) < 4.78 is 0. The van der Waals surface area contributed by atoms with Gasteiger partial charge in [0, 0.05) is 36.7 Å². The molecule has 27 heavy (non-hydrogen) atoms. The quantitative estimate of drug-likeness (QED) is 0.733. The minimum atomic E-state index is 0.0812. The summed E-state index contributed by atoms with van der Waals surface area (Å²) in [4.78, 5) is 5.03. The van der Waals surface area contributed by atoms with Gasteiger partial charge < -0.3 is 5.11 Å². The Kier molecular flexibility index (Phi) is 6.25. The number of nitrogens with zero attached hydrogens (tertiary/aromatic N) is 2. The molecule has 0 radical (unpaired) electrons. The first kappa shape index (κ1) is 19.9. The molecule has 3 rings (SSSR count). The molecule has 0 bridgehead atoms. The van der Waals surface area contributed by atoms with Crippen molar-refractivity contribution >= 4 is 11.6 Å². The predicted octanol–water partition coefficient (Wildman–Crippen LogP) is 5.02. The topological polar surface area (TPSA) is 26.7 Å². The van der Waals surface area contributed by atoms with E-state index in [4.69, 9.17) is 11.6 Å². The zero-order valence-corrected chi connectivity index (χ0v) is 17.2. The normalized spacial score (nSPS) is 22.5. The fourth-order valence-electron chi connectivity index (χ4n) is 4.20. The van der Waals surface area contributed by atoms with Crippen LogP contribution in [0.4, 0.5) is 0 Å². The second-order valence-corrected chi connectivity index (χ2v) is 8.07. The number of hydrogen-bond donors (Lipinski definition) is 1. The van der Waals surface area contributed by atoms with Crippen LogP contribution < -0.4 is 0 Å². The van der Waals surface area contributed by atoms with Gasteiger partial charge in [0.05, 0.1) is 6.04 Å². The summed E-state index contributed by atoms with van der Waals surface area (Å²) in [7, 11) is 0. The number of phenolic OH excluding ortho intramolecular Hbond substituents is 1. The van der Waals surface area contributed by atoms with Crippen LogP contribution in [-0.2, 0) is 0 Å². The SMILES string of the molecule is C=CCN1C[C@H](C)N(C(c2cccc(O)c2)c2ccc(Cl)cc2C)C[C@H]1C. The lowest BCUT2D eigenvalue weighted by Gasteiger charge is -2.47. The summed E-state index contributed by atoms with van der Waals surface area (Å²) in [6.45, 7) is 13.4. The van der Waals surface area contributed by atoms with E-state index in [0.29, 0.717) is 17.8 Å². The summed E-state index contributed by atoms with van der Waals surface area (Å²) in [6.07, 6.45) is 1.98. The van der Waals surface area contributed by atoms with E-state index in [1.54, 1.807) is 6.07 Å². The van der Waals surface area contributed by atoms with E-state index in [1.807, 2.05) is 30.3 Å². The number of benzene rings is 2. The van der Waals surface area contributed by atoms with Gasteiger partial charge in [0.25, 0.3) is 0 Å². The molecule has 0 spiro atoms. The number of phenols is 1. The number of halogens is 1. The van der Waals surface area contributed by atoms with Crippen LogP contribution in [0.3, 0.4) is 0 Å². The molecule has 1 fully saturated rings. The highest BCUT2D eigenvalue weighted by atomic mass is 35.5. The lowest BCUT2D eigenvalue weighted by Crippen LogP contribution is -2.57. The molecule has 0 saturated carbocycles. The first-order chi connectivity index (χ1) is 12.9. The van der Waals surface area contributed by atoms with Gasteiger partial charge in [0.2, 0.25) is 0 Å². The van der Waals surface area contributed by atoms with E-state index in [0.717, 1.165) is 30.2 Å². The fourth-order valence-corrected chi connectivity index (χ4v) is 4.42. The Labute approximate surface area is 167 Å². The third-order valence-corrected chi connectivity index (χ3v) is 5.81. The Hall–Kier alpha value is -1.81. The number of aromatic hydroxyl groups is 1. The van der Waals surface area contributed by atoms with Gasteiger partial charge in [-0.2, -0.15) is 0 Å². The van der Waals surface area contributed by atoms with E-state index < -0.39 is 0 Å². The van der Waals surface area contributed by atoms with Crippen LogP contribution in [0.5, 0.6) is 5.75 Å². The Morgan fingerprint density at radius 2 is 1.96 bits per heavy atom. The molecule has 0 aromatic heterocycles. The van der Waals surface area contributed by atoms with Crippen LogP contribution in [0.15, 0.2) is 55.1 Å². The van der Waals surface area contributed by atoms with Crippen molar-refractivity contribution < 1.29 is 5.11 Å². The van der Waals surface area contributed by atoms with Crippen molar-refractivity contribution in [1.82, 2.24) is 9.80 Å². The molecular formula is C23H29ClN2O. The van der Waals surface area contributed by atoms with Crippen LogP contribution in [0.2, 0.25) is 5.02 Å². The first-order valence-corrected chi connectivity index (χ1v) is 9.94. The molecular weight excluding hydrogens is 356 g/mol. The predicted molar refractivity (Wildman–Crippen MR) is 114 cm³/mol. The van der Waals surface area contributed by atoms with Crippen LogP contribution in [0.1, 0.15) is 36.6 Å². The molecule has 144 valence electrons. The van der Waals surface area contributed by atoms with Crippen molar-refractivity contribution in [2.24, 2.45) is 0 Å². The average molecular weight is 385 g/mol. The third-order valence-electron chi connectivity index (χ3n) is 5.57. The number of hydrogen-bond acceptors (Lipinski definition) is 3. The van der Waals surface area contributed by atoms with Crippen molar-refractivity contribution in [1.29, 1.82) is 0 Å². The third kappa shape index (κ3) is 4.37. The summed E-state index contributed by atoms with van der Waals surface area (Å²) in [5.74, 6) is 0.301. The Balaban J connectivity index is 2.03. The van der Waals surface area contributed by atoms with Gasteiger partial charge >= 0.3 is 0 Å². The molecule has 1 unspecified atom stereocenters. The van der Waals surface area contributed by atoms with Gasteiger partial charge in [-0.05, 0) is 61.7 Å². The van der Waals surface area contributed by atoms with E-state index in [-0.39, 0.29) is 6.04 Å². The summed E-state index contributed by atoms with van der Waals surface area (Å²) in [5.41, 5.74) is 3.52. The maximum absolute atomic E-state index is 10.1. The molecule has 1 N–H and O–H groups in total. The van der Waals surface area contributed by atoms with Crippen molar-refractivity contribution in [2.45, 2.75) is 38.9 Å². The van der Waals surface area contributed by atoms with Gasteiger partial charge in [-0.25, -0.2) is 0 Å². The molecule has 3 atom stereocenters. The van der Waals surface area contributed by atoms with Gasteiger partial charge in [0.1, 0.15) is 5.75 Å². The second-order valence-electron chi connectivity index (χ2n) is 7.64. The first-order valence-electron chi connectivity index (χ1n) is 9.56.